The molecule has 5 heteroatoms. The Kier molecular flexibility index (Phi) is 7.23. The maximum Gasteiger partial charge on any atom is 0.138 e. The molecule has 0 radical (unpaired) electrons. The third-order valence-electron chi connectivity index (χ3n) is 11.0. The van der Waals surface area contributed by atoms with E-state index in [9.17, 15) is 5.26 Å². The standard InChI is InChI=1S/C48H36N4O/c1-48-27-9-8-20-42(48)40-19-11-18-38(46(40)53-48)35-23-24-39-41-28-33(31-49)22-26-44(41)51(45(39)30-35)37-17-10-16-36(29-37)43(25-21-32-12-4-2-5-13-32)52-47(50-52)34-14-6-3-7-15-34/h2-4,6-12,14-24,26-30,42,47,50H,5,13H2,1H3. The van der Waals surface area contributed by atoms with Crippen LogP contribution < -0.4 is 10.2 Å². The molecular weight excluding hydrogens is 649 g/mol. The first-order valence-electron chi connectivity index (χ1n) is 18.3. The highest BCUT2D eigenvalue weighted by Crippen LogP contribution is 2.52. The van der Waals surface area contributed by atoms with Crippen LogP contribution in [-0.2, 0) is 0 Å². The van der Waals surface area contributed by atoms with Gasteiger partial charge in [0.05, 0.1) is 22.7 Å². The Balaban J connectivity index is 1.13. The maximum absolute atomic E-state index is 9.88. The highest BCUT2D eigenvalue weighted by atomic mass is 16.5. The predicted molar refractivity (Wildman–Crippen MR) is 213 cm³/mol. The molecule has 0 bridgehead atoms. The van der Waals surface area contributed by atoms with Gasteiger partial charge in [0.1, 0.15) is 23.2 Å². The van der Waals surface area contributed by atoms with E-state index in [2.05, 4.69) is 179 Å². The molecule has 0 spiro atoms. The van der Waals surface area contributed by atoms with Gasteiger partial charge in [-0.1, -0.05) is 115 Å². The summed E-state index contributed by atoms with van der Waals surface area (Å²) >= 11 is 0. The predicted octanol–water partition coefficient (Wildman–Crippen LogP) is 11.0. The van der Waals surface area contributed by atoms with E-state index in [-0.39, 0.29) is 12.1 Å². The number of hydrogen-bond donors (Lipinski definition) is 1. The molecule has 2 aliphatic heterocycles. The number of aromatic nitrogens is 1. The van der Waals surface area contributed by atoms with Gasteiger partial charge in [-0.3, -0.25) is 5.01 Å². The third-order valence-corrected chi connectivity index (χ3v) is 11.0. The molecule has 1 fully saturated rings. The molecule has 5 nitrogen and oxygen atoms in total. The molecule has 5 aromatic carbocycles. The summed E-state index contributed by atoms with van der Waals surface area (Å²) in [6, 6.07) is 40.8. The molecule has 6 aromatic rings. The molecule has 3 atom stereocenters. The average molecular weight is 685 g/mol. The van der Waals surface area contributed by atoms with E-state index < -0.39 is 5.60 Å². The zero-order valence-electron chi connectivity index (χ0n) is 29.3. The molecule has 4 aliphatic rings. The SMILES string of the molecule is CC12C=CC=CC1c1cccc(-c3ccc4c5cc(C#N)ccc5n(-c5cccc(C(=C=CC6=CC=CCC6)N6NC6c6ccccc6)c5)c4c3)c1O2. The van der Waals surface area contributed by atoms with E-state index in [1.807, 2.05) is 12.1 Å². The van der Waals surface area contributed by atoms with Crippen LogP contribution in [0.5, 0.6) is 5.75 Å². The third kappa shape index (κ3) is 5.28. The second-order valence-corrected chi connectivity index (χ2v) is 14.4. The van der Waals surface area contributed by atoms with Crippen LogP contribution in [-0.4, -0.2) is 15.2 Å². The number of para-hydroxylation sites is 1. The number of hydrazine groups is 1. The molecule has 0 saturated carbocycles. The number of nitrogens with zero attached hydrogens (tertiary/aromatic N) is 3. The number of hydrogen-bond acceptors (Lipinski definition) is 4. The summed E-state index contributed by atoms with van der Waals surface area (Å²) in [5.41, 5.74) is 18.5. The Morgan fingerprint density at radius 2 is 1.79 bits per heavy atom. The number of fused-ring (bicyclic) bond motifs is 6. The lowest BCUT2D eigenvalue weighted by Crippen LogP contribution is -2.32. The van der Waals surface area contributed by atoms with E-state index in [0.29, 0.717) is 5.56 Å². The molecule has 0 amide bonds. The minimum Gasteiger partial charge on any atom is -0.482 e. The number of rotatable bonds is 6. The van der Waals surface area contributed by atoms with Crippen LogP contribution in [0.1, 0.15) is 54.1 Å². The number of nitriles is 1. The summed E-state index contributed by atoms with van der Waals surface area (Å²) in [4.78, 5) is 0. The largest absolute Gasteiger partial charge is 0.482 e. The Labute approximate surface area is 309 Å². The van der Waals surface area contributed by atoms with Crippen molar-refractivity contribution in [3.8, 4) is 28.6 Å². The van der Waals surface area contributed by atoms with Crippen molar-refractivity contribution in [2.45, 2.75) is 37.5 Å². The normalized spacial score (nSPS) is 20.7. The number of nitrogens with one attached hydrogen (secondary N) is 1. The monoisotopic (exact) mass is 684 g/mol. The molecule has 1 N–H and O–H groups in total. The number of ether oxygens (including phenoxy) is 1. The maximum atomic E-state index is 9.88. The van der Waals surface area contributed by atoms with Crippen LogP contribution in [0.25, 0.3) is 44.3 Å². The highest BCUT2D eigenvalue weighted by molar-refractivity contribution is 6.10. The van der Waals surface area contributed by atoms with Gasteiger partial charge in [-0.2, -0.15) is 5.26 Å². The van der Waals surface area contributed by atoms with E-state index >= 15 is 0 Å². The molecule has 3 unspecified atom stereocenters. The molecule has 1 aromatic heterocycles. The Hall–Kier alpha value is -6.57. The van der Waals surface area contributed by atoms with Crippen LogP contribution in [0.2, 0.25) is 0 Å². The summed E-state index contributed by atoms with van der Waals surface area (Å²) in [6.07, 6.45) is 19.4. The summed E-state index contributed by atoms with van der Waals surface area (Å²) in [6.45, 7) is 2.17. The van der Waals surface area contributed by atoms with Crippen molar-refractivity contribution in [1.29, 1.82) is 5.26 Å². The number of allylic oxidation sites excluding steroid dienone is 7. The summed E-state index contributed by atoms with van der Waals surface area (Å²) in [5, 5.41) is 14.2. The molecule has 2 aliphatic carbocycles. The fraction of sp³-hybridized carbons (Fsp3) is 0.125. The first-order chi connectivity index (χ1) is 26.1. The highest BCUT2D eigenvalue weighted by Gasteiger charge is 2.43. The minimum atomic E-state index is -0.407. The Bertz CT molecular complexity index is 2710. The van der Waals surface area contributed by atoms with E-state index in [1.165, 1.54) is 16.7 Å². The van der Waals surface area contributed by atoms with Gasteiger partial charge >= 0.3 is 0 Å². The van der Waals surface area contributed by atoms with Crippen molar-refractivity contribution in [3.05, 3.63) is 191 Å². The fourth-order valence-electron chi connectivity index (χ4n) is 8.26. The van der Waals surface area contributed by atoms with Crippen LogP contribution in [0.15, 0.2) is 169 Å². The van der Waals surface area contributed by atoms with Crippen LogP contribution in [0, 0.1) is 11.3 Å². The van der Waals surface area contributed by atoms with E-state index in [1.54, 1.807) is 0 Å². The van der Waals surface area contributed by atoms with Crippen molar-refractivity contribution in [2.75, 3.05) is 0 Å². The quantitative estimate of drug-likeness (QED) is 0.140. The van der Waals surface area contributed by atoms with Crippen molar-refractivity contribution >= 4 is 27.5 Å². The van der Waals surface area contributed by atoms with Crippen LogP contribution in [0.3, 0.4) is 0 Å². The van der Waals surface area contributed by atoms with Crippen molar-refractivity contribution in [1.82, 2.24) is 15.0 Å². The zero-order valence-corrected chi connectivity index (χ0v) is 29.3. The first-order valence-corrected chi connectivity index (χ1v) is 18.3. The van der Waals surface area contributed by atoms with Gasteiger partial charge in [0.15, 0.2) is 0 Å². The number of benzene rings is 5. The van der Waals surface area contributed by atoms with E-state index in [4.69, 9.17) is 4.74 Å². The summed E-state index contributed by atoms with van der Waals surface area (Å²) < 4.78 is 9.09. The smallest absolute Gasteiger partial charge is 0.138 e. The van der Waals surface area contributed by atoms with E-state index in [0.717, 1.165) is 68.5 Å². The van der Waals surface area contributed by atoms with Gasteiger partial charge < -0.3 is 9.30 Å². The molecule has 254 valence electrons. The van der Waals surface area contributed by atoms with Crippen molar-refractivity contribution in [3.63, 3.8) is 0 Å². The average Bonchev–Trinajstić information content (AvgIpc) is 3.84. The van der Waals surface area contributed by atoms with Gasteiger partial charge in [0, 0.05) is 39.1 Å². The molecule has 1 saturated heterocycles. The van der Waals surface area contributed by atoms with Gasteiger partial charge in [-0.05, 0) is 85.0 Å². The fourth-order valence-corrected chi connectivity index (χ4v) is 8.26. The second kappa shape index (κ2) is 12.3. The molecule has 10 rings (SSSR count). The van der Waals surface area contributed by atoms with Crippen molar-refractivity contribution in [2.24, 2.45) is 0 Å². The van der Waals surface area contributed by atoms with Gasteiger partial charge in [-0.15, -0.1) is 0 Å². The van der Waals surface area contributed by atoms with Gasteiger partial charge in [-0.25, -0.2) is 5.43 Å². The Morgan fingerprint density at radius 3 is 2.66 bits per heavy atom. The lowest BCUT2D eigenvalue weighted by atomic mass is 9.82. The second-order valence-electron chi connectivity index (χ2n) is 14.4. The lowest BCUT2D eigenvalue weighted by molar-refractivity contribution is 0.156. The summed E-state index contributed by atoms with van der Waals surface area (Å²) in [5.74, 6) is 1.11. The lowest BCUT2D eigenvalue weighted by Gasteiger charge is -2.27. The van der Waals surface area contributed by atoms with Gasteiger partial charge in [0.25, 0.3) is 0 Å². The van der Waals surface area contributed by atoms with Gasteiger partial charge in [0.2, 0.25) is 0 Å². The molecule has 3 heterocycles. The van der Waals surface area contributed by atoms with Crippen LogP contribution in [0.4, 0.5) is 0 Å². The zero-order chi connectivity index (χ0) is 35.5. The van der Waals surface area contributed by atoms with Crippen LogP contribution >= 0.6 is 0 Å². The topological polar surface area (TPSA) is 62.9 Å². The van der Waals surface area contributed by atoms with Crippen molar-refractivity contribution < 1.29 is 4.74 Å². The Morgan fingerprint density at radius 1 is 0.887 bits per heavy atom. The summed E-state index contributed by atoms with van der Waals surface area (Å²) in [7, 11) is 0. The molecule has 53 heavy (non-hydrogen) atoms. The molecular formula is C48H36N4O. The minimum absolute atomic E-state index is 0.0723. The first kappa shape index (κ1) is 31.2.